The number of para-hydroxylation sites is 1. The van der Waals surface area contributed by atoms with E-state index in [-0.39, 0.29) is 0 Å². The van der Waals surface area contributed by atoms with Gasteiger partial charge in [-0.15, -0.1) is 13.2 Å². The molecule has 82 valence electrons. The molecular formula is C13H19NO. The second-order valence-electron chi connectivity index (χ2n) is 3.13. The monoisotopic (exact) mass is 205 g/mol. The lowest BCUT2D eigenvalue weighted by atomic mass is 10.3. The summed E-state index contributed by atoms with van der Waals surface area (Å²) in [5.74, 6) is 0.322. The highest BCUT2D eigenvalue weighted by Gasteiger charge is 1.86. The molecule has 1 rings (SSSR count). The Hall–Kier alpha value is -1.54. The molecule has 0 saturated carbocycles. The van der Waals surface area contributed by atoms with Gasteiger partial charge >= 0.3 is 0 Å². The molecule has 0 saturated heterocycles. The van der Waals surface area contributed by atoms with Crippen molar-refractivity contribution in [3.05, 3.63) is 55.6 Å². The Bertz CT molecular complexity index is 259. The van der Waals surface area contributed by atoms with E-state index in [2.05, 4.69) is 18.1 Å². The third-order valence-electron chi connectivity index (χ3n) is 1.64. The van der Waals surface area contributed by atoms with Crippen molar-refractivity contribution in [3.63, 3.8) is 0 Å². The number of phenolic OH excluding ortho intramolecular Hbond substituents is 1. The number of hydrogen-bond donors (Lipinski definition) is 1. The fourth-order valence-corrected chi connectivity index (χ4v) is 0.943. The summed E-state index contributed by atoms with van der Waals surface area (Å²) < 4.78 is 0. The maximum absolute atomic E-state index is 8.63. The number of nitrogens with zero attached hydrogens (tertiary/aromatic N) is 1. The molecule has 1 N–H and O–H groups in total. The zero-order valence-electron chi connectivity index (χ0n) is 9.26. The number of aromatic hydroxyl groups is 1. The van der Waals surface area contributed by atoms with Gasteiger partial charge in [-0.1, -0.05) is 30.4 Å². The van der Waals surface area contributed by atoms with Crippen molar-refractivity contribution in [2.45, 2.75) is 0 Å². The molecule has 0 aliphatic heterocycles. The van der Waals surface area contributed by atoms with Crippen molar-refractivity contribution in [2.24, 2.45) is 0 Å². The van der Waals surface area contributed by atoms with Crippen molar-refractivity contribution >= 4 is 0 Å². The first-order valence-electron chi connectivity index (χ1n) is 4.85. The quantitative estimate of drug-likeness (QED) is 0.764. The molecule has 0 aliphatic rings. The zero-order valence-corrected chi connectivity index (χ0v) is 9.26. The van der Waals surface area contributed by atoms with Crippen LogP contribution in [0.25, 0.3) is 0 Å². The lowest BCUT2D eigenvalue weighted by Gasteiger charge is -2.09. The summed E-state index contributed by atoms with van der Waals surface area (Å²) in [6.07, 6.45) is 3.76. The van der Waals surface area contributed by atoms with Gasteiger partial charge < -0.3 is 5.11 Å². The Balaban J connectivity index is 0.000000262. The van der Waals surface area contributed by atoms with E-state index in [1.807, 2.05) is 25.3 Å². The highest BCUT2D eigenvalue weighted by molar-refractivity contribution is 5.18. The summed E-state index contributed by atoms with van der Waals surface area (Å²) in [7, 11) is 2.03. The second kappa shape index (κ2) is 9.03. The summed E-state index contributed by atoms with van der Waals surface area (Å²) in [6.45, 7) is 9.09. The SMILES string of the molecule is C=CCN(C)CC=C.Oc1ccccc1. The minimum Gasteiger partial charge on any atom is -0.508 e. The number of likely N-dealkylation sites (N-methyl/N-ethyl adjacent to an activating group) is 1. The Morgan fingerprint density at radius 1 is 1.13 bits per heavy atom. The van der Waals surface area contributed by atoms with Gasteiger partial charge in [-0.2, -0.15) is 0 Å². The van der Waals surface area contributed by atoms with Crippen LogP contribution in [0, 0.1) is 0 Å². The lowest BCUT2D eigenvalue weighted by molar-refractivity contribution is 0.413. The molecule has 0 spiro atoms. The van der Waals surface area contributed by atoms with Crippen LogP contribution in [0.4, 0.5) is 0 Å². The topological polar surface area (TPSA) is 23.5 Å². The summed E-state index contributed by atoms with van der Waals surface area (Å²) in [4.78, 5) is 2.12. The first-order valence-corrected chi connectivity index (χ1v) is 4.85. The molecule has 2 nitrogen and oxygen atoms in total. The van der Waals surface area contributed by atoms with Crippen LogP contribution in [0.5, 0.6) is 5.75 Å². The van der Waals surface area contributed by atoms with Crippen LogP contribution in [0.3, 0.4) is 0 Å². The van der Waals surface area contributed by atoms with Crippen molar-refractivity contribution in [3.8, 4) is 5.75 Å². The first kappa shape index (κ1) is 13.5. The van der Waals surface area contributed by atoms with Crippen LogP contribution in [0.15, 0.2) is 55.6 Å². The molecule has 2 heteroatoms. The molecule has 0 fully saturated rings. The van der Waals surface area contributed by atoms with Gasteiger partial charge in [0, 0.05) is 13.1 Å². The predicted octanol–water partition coefficient (Wildman–Crippen LogP) is 2.68. The standard InChI is InChI=1S/C7H13N.C6H6O/c1-4-6-8(3)7-5-2;7-6-4-2-1-3-5-6/h4-5H,1-2,6-7H2,3H3;1-5,7H. The fourth-order valence-electron chi connectivity index (χ4n) is 0.943. The summed E-state index contributed by atoms with van der Waals surface area (Å²) >= 11 is 0. The van der Waals surface area contributed by atoms with Crippen LogP contribution in [-0.2, 0) is 0 Å². The van der Waals surface area contributed by atoms with Gasteiger partial charge in [0.15, 0.2) is 0 Å². The predicted molar refractivity (Wildman–Crippen MR) is 66.0 cm³/mol. The molecule has 0 amide bonds. The van der Waals surface area contributed by atoms with Gasteiger partial charge in [0.2, 0.25) is 0 Å². The van der Waals surface area contributed by atoms with E-state index in [1.165, 1.54) is 0 Å². The minimum atomic E-state index is 0.322. The van der Waals surface area contributed by atoms with Crippen LogP contribution in [-0.4, -0.2) is 30.1 Å². The third kappa shape index (κ3) is 8.78. The number of phenols is 1. The normalized spacial score (nSPS) is 8.93. The number of rotatable bonds is 4. The largest absolute Gasteiger partial charge is 0.508 e. The molecule has 0 bridgehead atoms. The van der Waals surface area contributed by atoms with Gasteiger partial charge in [-0.25, -0.2) is 0 Å². The molecule has 1 aromatic rings. The minimum absolute atomic E-state index is 0.322. The molecule has 0 aromatic heterocycles. The van der Waals surface area contributed by atoms with Crippen molar-refractivity contribution in [1.29, 1.82) is 0 Å². The van der Waals surface area contributed by atoms with Gasteiger partial charge in [-0.05, 0) is 19.2 Å². The summed E-state index contributed by atoms with van der Waals surface area (Å²) in [5, 5.41) is 8.63. The Labute approximate surface area is 92.2 Å². The molecule has 0 radical (unpaired) electrons. The highest BCUT2D eigenvalue weighted by atomic mass is 16.3. The third-order valence-corrected chi connectivity index (χ3v) is 1.64. The zero-order chi connectivity index (χ0) is 11.5. The maximum Gasteiger partial charge on any atom is 0.115 e. The van der Waals surface area contributed by atoms with Gasteiger partial charge in [0.25, 0.3) is 0 Å². The van der Waals surface area contributed by atoms with Crippen LogP contribution < -0.4 is 0 Å². The van der Waals surface area contributed by atoms with Crippen LogP contribution in [0.2, 0.25) is 0 Å². The second-order valence-corrected chi connectivity index (χ2v) is 3.13. The smallest absolute Gasteiger partial charge is 0.115 e. The van der Waals surface area contributed by atoms with Gasteiger partial charge in [0.1, 0.15) is 5.75 Å². The first-order chi connectivity index (χ1) is 7.20. The highest BCUT2D eigenvalue weighted by Crippen LogP contribution is 2.02. The summed E-state index contributed by atoms with van der Waals surface area (Å²) in [5.41, 5.74) is 0. The van der Waals surface area contributed by atoms with Gasteiger partial charge in [-0.3, -0.25) is 4.90 Å². The van der Waals surface area contributed by atoms with E-state index >= 15 is 0 Å². The fraction of sp³-hybridized carbons (Fsp3) is 0.231. The average Bonchev–Trinajstić information content (AvgIpc) is 2.20. The number of benzene rings is 1. The molecule has 0 atom stereocenters. The van der Waals surface area contributed by atoms with Crippen molar-refractivity contribution in [2.75, 3.05) is 20.1 Å². The summed E-state index contributed by atoms with van der Waals surface area (Å²) in [6, 6.07) is 8.71. The van der Waals surface area contributed by atoms with E-state index in [0.29, 0.717) is 5.75 Å². The Morgan fingerprint density at radius 3 is 1.87 bits per heavy atom. The molecule has 15 heavy (non-hydrogen) atoms. The van der Waals surface area contributed by atoms with E-state index in [9.17, 15) is 0 Å². The molecular weight excluding hydrogens is 186 g/mol. The molecule has 0 aliphatic carbocycles. The van der Waals surface area contributed by atoms with E-state index in [1.54, 1.807) is 24.3 Å². The maximum atomic E-state index is 8.63. The molecule has 0 unspecified atom stereocenters. The molecule has 1 aromatic carbocycles. The van der Waals surface area contributed by atoms with E-state index in [0.717, 1.165) is 13.1 Å². The van der Waals surface area contributed by atoms with Gasteiger partial charge in [0.05, 0.1) is 0 Å². The lowest BCUT2D eigenvalue weighted by Crippen LogP contribution is -2.17. The average molecular weight is 205 g/mol. The van der Waals surface area contributed by atoms with E-state index < -0.39 is 0 Å². The van der Waals surface area contributed by atoms with Crippen LogP contribution in [0.1, 0.15) is 0 Å². The Kier molecular flexibility index (Phi) is 8.10. The van der Waals surface area contributed by atoms with E-state index in [4.69, 9.17) is 5.11 Å². The van der Waals surface area contributed by atoms with Crippen molar-refractivity contribution < 1.29 is 5.11 Å². The van der Waals surface area contributed by atoms with Crippen molar-refractivity contribution in [1.82, 2.24) is 4.90 Å². The number of hydrogen-bond acceptors (Lipinski definition) is 2. The molecule has 0 heterocycles. The Morgan fingerprint density at radius 2 is 1.60 bits per heavy atom. The van der Waals surface area contributed by atoms with Crippen LogP contribution >= 0.6 is 0 Å².